The maximum atomic E-state index is 5.84. The molecular formula is C10H15ClN4O2. The topological polar surface area (TPSA) is 73.5 Å². The summed E-state index contributed by atoms with van der Waals surface area (Å²) in [5.74, 6) is 0.631. The summed E-state index contributed by atoms with van der Waals surface area (Å²) < 4.78 is 10.7. The van der Waals surface area contributed by atoms with E-state index in [0.717, 1.165) is 0 Å². The average Bonchev–Trinajstić information content (AvgIpc) is 2.75. The van der Waals surface area contributed by atoms with Gasteiger partial charge in [-0.15, -0.1) is 0 Å². The van der Waals surface area contributed by atoms with Crippen LogP contribution in [0.5, 0.6) is 0 Å². The number of nitrogen functional groups attached to an aromatic ring is 1. The molecule has 0 bridgehead atoms. The number of methoxy groups -OCH3 is 2. The Kier molecular flexibility index (Phi) is 3.66. The largest absolute Gasteiger partial charge is 0.394 e. The van der Waals surface area contributed by atoms with Crippen molar-refractivity contribution in [3.8, 4) is 0 Å². The molecular weight excluding hydrogens is 244 g/mol. The molecule has 0 spiro atoms. The molecule has 1 aromatic heterocycles. The van der Waals surface area contributed by atoms with Gasteiger partial charge in [0.2, 0.25) is 5.28 Å². The van der Waals surface area contributed by atoms with Crippen LogP contribution in [0.2, 0.25) is 5.28 Å². The summed E-state index contributed by atoms with van der Waals surface area (Å²) in [4.78, 5) is 9.96. The lowest BCUT2D eigenvalue weighted by atomic mass is 10.3. The van der Waals surface area contributed by atoms with Crippen LogP contribution in [-0.4, -0.2) is 49.5 Å². The number of nitrogens with two attached hydrogens (primary N) is 1. The van der Waals surface area contributed by atoms with E-state index in [0.29, 0.717) is 24.6 Å². The standard InChI is InChI=1S/C10H15ClN4O2/c1-16-7-4-15(5-8(7)17-2)9-6(12)3-13-10(11)14-9/h3,7-8H,4-5,12H2,1-2H3. The normalized spacial score (nSPS) is 24.3. The zero-order valence-corrected chi connectivity index (χ0v) is 10.5. The van der Waals surface area contributed by atoms with Gasteiger partial charge in [-0.05, 0) is 11.6 Å². The molecule has 1 aliphatic rings. The van der Waals surface area contributed by atoms with E-state index < -0.39 is 0 Å². The Bertz CT molecular complexity index is 392. The molecule has 2 heterocycles. The molecule has 1 aliphatic heterocycles. The van der Waals surface area contributed by atoms with Crippen molar-refractivity contribution >= 4 is 23.1 Å². The van der Waals surface area contributed by atoms with Gasteiger partial charge in [0.05, 0.1) is 11.9 Å². The number of anilines is 2. The summed E-state index contributed by atoms with van der Waals surface area (Å²) in [6.07, 6.45) is 1.52. The van der Waals surface area contributed by atoms with E-state index in [4.69, 9.17) is 26.8 Å². The van der Waals surface area contributed by atoms with Gasteiger partial charge in [-0.3, -0.25) is 0 Å². The number of hydrogen-bond donors (Lipinski definition) is 1. The number of aromatic nitrogens is 2. The summed E-state index contributed by atoms with van der Waals surface area (Å²) in [5.41, 5.74) is 6.34. The van der Waals surface area contributed by atoms with Gasteiger partial charge in [-0.25, -0.2) is 4.98 Å². The molecule has 6 nitrogen and oxygen atoms in total. The van der Waals surface area contributed by atoms with E-state index in [9.17, 15) is 0 Å². The number of ether oxygens (including phenoxy) is 2. The minimum atomic E-state index is 0.00754. The molecule has 2 N–H and O–H groups in total. The van der Waals surface area contributed by atoms with Crippen molar-refractivity contribution in [2.45, 2.75) is 12.2 Å². The smallest absolute Gasteiger partial charge is 0.224 e. The van der Waals surface area contributed by atoms with Crippen molar-refractivity contribution in [3.05, 3.63) is 11.5 Å². The molecule has 17 heavy (non-hydrogen) atoms. The molecule has 0 saturated carbocycles. The molecule has 2 rings (SSSR count). The van der Waals surface area contributed by atoms with Crippen LogP contribution in [0, 0.1) is 0 Å². The van der Waals surface area contributed by atoms with E-state index in [2.05, 4.69) is 9.97 Å². The van der Waals surface area contributed by atoms with Crippen molar-refractivity contribution < 1.29 is 9.47 Å². The SMILES string of the molecule is COC1CN(c2nc(Cl)ncc2N)CC1OC. The first kappa shape index (κ1) is 12.3. The summed E-state index contributed by atoms with van der Waals surface area (Å²) in [7, 11) is 3.33. The first-order valence-electron chi connectivity index (χ1n) is 5.24. The highest BCUT2D eigenvalue weighted by molar-refractivity contribution is 6.28. The molecule has 0 radical (unpaired) electrons. The van der Waals surface area contributed by atoms with Gasteiger partial charge >= 0.3 is 0 Å². The van der Waals surface area contributed by atoms with Gasteiger partial charge in [0.25, 0.3) is 0 Å². The molecule has 0 aromatic carbocycles. The highest BCUT2D eigenvalue weighted by atomic mass is 35.5. The third-order valence-electron chi connectivity index (χ3n) is 2.89. The first-order chi connectivity index (χ1) is 8.15. The van der Waals surface area contributed by atoms with Crippen LogP contribution in [0.25, 0.3) is 0 Å². The van der Waals surface area contributed by atoms with Gasteiger partial charge in [0, 0.05) is 27.3 Å². The summed E-state index contributed by atoms with van der Waals surface area (Å²) >= 11 is 5.77. The molecule has 2 unspecified atom stereocenters. The molecule has 1 aromatic rings. The fourth-order valence-electron chi connectivity index (χ4n) is 1.98. The lowest BCUT2D eigenvalue weighted by Crippen LogP contribution is -2.27. The zero-order chi connectivity index (χ0) is 12.4. The van der Waals surface area contributed by atoms with Crippen molar-refractivity contribution in [1.29, 1.82) is 0 Å². The van der Waals surface area contributed by atoms with E-state index in [1.807, 2.05) is 4.90 Å². The van der Waals surface area contributed by atoms with E-state index in [1.54, 1.807) is 14.2 Å². The fraction of sp³-hybridized carbons (Fsp3) is 0.600. The van der Waals surface area contributed by atoms with Crippen molar-refractivity contribution in [1.82, 2.24) is 9.97 Å². The van der Waals surface area contributed by atoms with Gasteiger partial charge < -0.3 is 20.1 Å². The maximum absolute atomic E-state index is 5.84. The van der Waals surface area contributed by atoms with Gasteiger partial charge in [0.15, 0.2) is 5.82 Å². The number of halogens is 1. The molecule has 94 valence electrons. The zero-order valence-electron chi connectivity index (χ0n) is 9.76. The third kappa shape index (κ3) is 2.43. The second-order valence-electron chi connectivity index (χ2n) is 3.87. The van der Waals surface area contributed by atoms with Crippen LogP contribution in [0.3, 0.4) is 0 Å². The lowest BCUT2D eigenvalue weighted by molar-refractivity contribution is -0.00461. The minimum Gasteiger partial charge on any atom is -0.394 e. The maximum Gasteiger partial charge on any atom is 0.224 e. The highest BCUT2D eigenvalue weighted by Crippen LogP contribution is 2.26. The molecule has 1 fully saturated rings. The Balaban J connectivity index is 2.21. The molecule has 7 heteroatoms. The third-order valence-corrected chi connectivity index (χ3v) is 3.07. The lowest BCUT2D eigenvalue weighted by Gasteiger charge is -2.18. The van der Waals surface area contributed by atoms with Gasteiger partial charge in [-0.1, -0.05) is 0 Å². The number of hydrogen-bond acceptors (Lipinski definition) is 6. The van der Waals surface area contributed by atoms with Crippen LogP contribution in [-0.2, 0) is 9.47 Å². The summed E-state index contributed by atoms with van der Waals surface area (Å²) in [6.45, 7) is 1.35. The fourth-order valence-corrected chi connectivity index (χ4v) is 2.11. The highest BCUT2D eigenvalue weighted by Gasteiger charge is 2.34. The molecule has 0 aliphatic carbocycles. The molecule has 0 amide bonds. The van der Waals surface area contributed by atoms with Crippen molar-refractivity contribution in [3.63, 3.8) is 0 Å². The second-order valence-corrected chi connectivity index (χ2v) is 4.21. The molecule has 1 saturated heterocycles. The van der Waals surface area contributed by atoms with Crippen molar-refractivity contribution in [2.75, 3.05) is 37.9 Å². The van der Waals surface area contributed by atoms with E-state index >= 15 is 0 Å². The Morgan fingerprint density at radius 2 is 1.94 bits per heavy atom. The molecule has 2 atom stereocenters. The van der Waals surface area contributed by atoms with E-state index in [-0.39, 0.29) is 17.5 Å². The minimum absolute atomic E-state index is 0.00754. The Morgan fingerprint density at radius 1 is 1.35 bits per heavy atom. The van der Waals surface area contributed by atoms with Crippen LogP contribution in [0.1, 0.15) is 0 Å². The van der Waals surface area contributed by atoms with Crippen molar-refractivity contribution in [2.24, 2.45) is 0 Å². The Labute approximate surface area is 105 Å². The second kappa shape index (κ2) is 5.03. The number of rotatable bonds is 3. The number of nitrogens with zero attached hydrogens (tertiary/aromatic N) is 3. The summed E-state index contributed by atoms with van der Waals surface area (Å²) in [6, 6.07) is 0. The summed E-state index contributed by atoms with van der Waals surface area (Å²) in [5, 5.41) is 0.184. The first-order valence-corrected chi connectivity index (χ1v) is 5.62. The quantitative estimate of drug-likeness (QED) is 0.799. The van der Waals surface area contributed by atoms with Gasteiger partial charge in [0.1, 0.15) is 12.2 Å². The van der Waals surface area contributed by atoms with Crippen LogP contribution in [0.4, 0.5) is 11.5 Å². The van der Waals surface area contributed by atoms with Gasteiger partial charge in [-0.2, -0.15) is 4.98 Å². The van der Waals surface area contributed by atoms with Crippen LogP contribution < -0.4 is 10.6 Å². The predicted molar refractivity (Wildman–Crippen MR) is 65.3 cm³/mol. The Hall–Kier alpha value is -1.11. The monoisotopic (exact) mass is 258 g/mol. The van der Waals surface area contributed by atoms with Crippen LogP contribution >= 0.6 is 11.6 Å². The average molecular weight is 259 g/mol. The predicted octanol–water partition coefficient (Wildman–Crippen LogP) is 0.562. The van der Waals surface area contributed by atoms with E-state index in [1.165, 1.54) is 6.20 Å². The van der Waals surface area contributed by atoms with Crippen LogP contribution in [0.15, 0.2) is 6.20 Å². The Morgan fingerprint density at radius 3 is 2.47 bits per heavy atom.